The summed E-state index contributed by atoms with van der Waals surface area (Å²) in [7, 11) is 7.84. The molecule has 1 aromatic rings. The van der Waals surface area contributed by atoms with Gasteiger partial charge in [-0.2, -0.15) is 0 Å². The van der Waals surface area contributed by atoms with E-state index in [2.05, 4.69) is 56.4 Å². The summed E-state index contributed by atoms with van der Waals surface area (Å²) in [6.45, 7) is 4.37. The molecule has 0 saturated heterocycles. The summed E-state index contributed by atoms with van der Waals surface area (Å²) in [5.41, 5.74) is 2.52. The molecule has 0 aliphatic rings. The SMILES string of the molecule is CNC(c1ccc(OC)c(C(C)C)c1)N(C)C. The van der Waals surface area contributed by atoms with E-state index < -0.39 is 0 Å². The number of nitrogens with zero attached hydrogens (tertiary/aromatic N) is 1. The van der Waals surface area contributed by atoms with E-state index >= 15 is 0 Å². The molecule has 96 valence electrons. The average molecular weight is 236 g/mol. The van der Waals surface area contributed by atoms with Gasteiger partial charge in [0.15, 0.2) is 0 Å². The minimum absolute atomic E-state index is 0.235. The third-order valence-corrected chi connectivity index (χ3v) is 2.98. The molecule has 0 aromatic heterocycles. The molecule has 0 saturated carbocycles. The highest BCUT2D eigenvalue weighted by Gasteiger charge is 2.15. The van der Waals surface area contributed by atoms with Crippen molar-refractivity contribution in [2.24, 2.45) is 0 Å². The van der Waals surface area contributed by atoms with Crippen LogP contribution in [0.4, 0.5) is 0 Å². The van der Waals surface area contributed by atoms with E-state index in [0.29, 0.717) is 5.92 Å². The molecule has 0 spiro atoms. The van der Waals surface area contributed by atoms with Crippen molar-refractivity contribution in [1.82, 2.24) is 10.2 Å². The number of ether oxygens (including phenoxy) is 1. The Morgan fingerprint density at radius 3 is 2.29 bits per heavy atom. The summed E-state index contributed by atoms with van der Waals surface area (Å²) in [6, 6.07) is 6.40. The van der Waals surface area contributed by atoms with Gasteiger partial charge in [-0.15, -0.1) is 0 Å². The van der Waals surface area contributed by atoms with Crippen LogP contribution in [0, 0.1) is 0 Å². The van der Waals surface area contributed by atoms with E-state index in [4.69, 9.17) is 4.74 Å². The summed E-state index contributed by atoms with van der Waals surface area (Å²) in [5.74, 6) is 1.43. The molecule has 1 rings (SSSR count). The zero-order valence-corrected chi connectivity index (χ0v) is 11.7. The number of hydrogen-bond donors (Lipinski definition) is 1. The number of hydrogen-bond acceptors (Lipinski definition) is 3. The first-order valence-electron chi connectivity index (χ1n) is 6.02. The number of benzene rings is 1. The van der Waals surface area contributed by atoms with E-state index in [1.165, 1.54) is 11.1 Å². The second-order valence-electron chi connectivity index (χ2n) is 4.81. The van der Waals surface area contributed by atoms with Crippen LogP contribution in [-0.4, -0.2) is 33.2 Å². The smallest absolute Gasteiger partial charge is 0.122 e. The van der Waals surface area contributed by atoms with E-state index in [1.54, 1.807) is 7.11 Å². The lowest BCUT2D eigenvalue weighted by molar-refractivity contribution is 0.264. The second kappa shape index (κ2) is 6.03. The Morgan fingerprint density at radius 1 is 1.24 bits per heavy atom. The largest absolute Gasteiger partial charge is 0.496 e. The fourth-order valence-electron chi connectivity index (χ4n) is 2.10. The normalized spacial score (nSPS) is 13.2. The number of rotatable bonds is 5. The molecule has 0 amide bonds. The van der Waals surface area contributed by atoms with E-state index in [1.807, 2.05) is 7.05 Å². The maximum Gasteiger partial charge on any atom is 0.122 e. The molecular weight excluding hydrogens is 212 g/mol. The van der Waals surface area contributed by atoms with Crippen LogP contribution in [0.3, 0.4) is 0 Å². The van der Waals surface area contributed by atoms with Crippen molar-refractivity contribution in [2.75, 3.05) is 28.3 Å². The molecule has 0 aliphatic heterocycles. The van der Waals surface area contributed by atoms with Crippen LogP contribution in [0.2, 0.25) is 0 Å². The molecule has 1 unspecified atom stereocenters. The third kappa shape index (κ3) is 3.20. The van der Waals surface area contributed by atoms with Crippen LogP contribution in [0.25, 0.3) is 0 Å². The fourth-order valence-corrected chi connectivity index (χ4v) is 2.10. The van der Waals surface area contributed by atoms with Crippen LogP contribution in [0.15, 0.2) is 18.2 Å². The zero-order chi connectivity index (χ0) is 13.0. The Kier molecular flexibility index (Phi) is 4.97. The van der Waals surface area contributed by atoms with Gasteiger partial charge >= 0.3 is 0 Å². The fraction of sp³-hybridized carbons (Fsp3) is 0.571. The van der Waals surface area contributed by atoms with Gasteiger partial charge in [0, 0.05) is 0 Å². The predicted molar refractivity (Wildman–Crippen MR) is 72.6 cm³/mol. The molecular formula is C14H24N2O. The molecule has 0 bridgehead atoms. The van der Waals surface area contributed by atoms with Crippen LogP contribution >= 0.6 is 0 Å². The van der Waals surface area contributed by atoms with Gasteiger partial charge in [-0.25, -0.2) is 0 Å². The highest BCUT2D eigenvalue weighted by atomic mass is 16.5. The second-order valence-corrected chi connectivity index (χ2v) is 4.81. The lowest BCUT2D eigenvalue weighted by Gasteiger charge is -2.25. The van der Waals surface area contributed by atoms with Crippen molar-refractivity contribution in [3.8, 4) is 5.75 Å². The summed E-state index contributed by atoms with van der Waals surface area (Å²) in [4.78, 5) is 2.16. The minimum Gasteiger partial charge on any atom is -0.496 e. The van der Waals surface area contributed by atoms with Crippen LogP contribution < -0.4 is 10.1 Å². The molecule has 3 heteroatoms. The van der Waals surface area contributed by atoms with Gasteiger partial charge in [-0.05, 0) is 50.3 Å². The highest BCUT2D eigenvalue weighted by molar-refractivity contribution is 5.40. The monoisotopic (exact) mass is 236 g/mol. The van der Waals surface area contributed by atoms with Gasteiger partial charge in [-0.3, -0.25) is 4.90 Å². The Morgan fingerprint density at radius 2 is 1.88 bits per heavy atom. The minimum atomic E-state index is 0.235. The third-order valence-electron chi connectivity index (χ3n) is 2.98. The molecule has 0 aliphatic carbocycles. The topological polar surface area (TPSA) is 24.5 Å². The number of nitrogens with one attached hydrogen (secondary N) is 1. The quantitative estimate of drug-likeness (QED) is 0.795. The molecule has 0 radical (unpaired) electrons. The lowest BCUT2D eigenvalue weighted by atomic mass is 9.98. The zero-order valence-electron chi connectivity index (χ0n) is 11.7. The van der Waals surface area contributed by atoms with Gasteiger partial charge in [0.2, 0.25) is 0 Å². The number of methoxy groups -OCH3 is 1. The Labute approximate surface area is 105 Å². The molecule has 1 N–H and O–H groups in total. The van der Waals surface area contributed by atoms with Crippen molar-refractivity contribution < 1.29 is 4.74 Å². The Bertz CT molecular complexity index is 361. The summed E-state index contributed by atoms with van der Waals surface area (Å²) >= 11 is 0. The van der Waals surface area contributed by atoms with Crippen LogP contribution in [-0.2, 0) is 0 Å². The molecule has 0 heterocycles. The molecule has 17 heavy (non-hydrogen) atoms. The molecule has 1 aromatic carbocycles. The standard InChI is InChI=1S/C14H24N2O/c1-10(2)12-9-11(7-8-13(12)17-6)14(15-3)16(4)5/h7-10,14-15H,1-6H3. The van der Waals surface area contributed by atoms with Crippen LogP contribution in [0.1, 0.15) is 37.1 Å². The maximum absolute atomic E-state index is 5.40. The summed E-state index contributed by atoms with van der Waals surface area (Å²) in [5, 5.41) is 3.31. The van der Waals surface area contributed by atoms with Gasteiger partial charge in [-0.1, -0.05) is 19.9 Å². The van der Waals surface area contributed by atoms with Crippen molar-refractivity contribution in [2.45, 2.75) is 25.9 Å². The van der Waals surface area contributed by atoms with E-state index in [0.717, 1.165) is 5.75 Å². The first kappa shape index (κ1) is 14.0. The van der Waals surface area contributed by atoms with Crippen molar-refractivity contribution in [1.29, 1.82) is 0 Å². The van der Waals surface area contributed by atoms with Crippen molar-refractivity contribution in [3.63, 3.8) is 0 Å². The first-order valence-corrected chi connectivity index (χ1v) is 6.02. The van der Waals surface area contributed by atoms with E-state index in [9.17, 15) is 0 Å². The first-order chi connectivity index (χ1) is 8.01. The predicted octanol–water partition coefficient (Wildman–Crippen LogP) is 2.60. The van der Waals surface area contributed by atoms with Gasteiger partial charge in [0.05, 0.1) is 13.3 Å². The Balaban J connectivity index is 3.15. The summed E-state index contributed by atoms with van der Waals surface area (Å²) < 4.78 is 5.40. The maximum atomic E-state index is 5.40. The Hall–Kier alpha value is -1.06. The molecule has 1 atom stereocenters. The lowest BCUT2D eigenvalue weighted by Crippen LogP contribution is -2.30. The van der Waals surface area contributed by atoms with Crippen molar-refractivity contribution in [3.05, 3.63) is 29.3 Å². The molecule has 3 nitrogen and oxygen atoms in total. The summed E-state index contributed by atoms with van der Waals surface area (Å²) in [6.07, 6.45) is 0.235. The van der Waals surface area contributed by atoms with Gasteiger partial charge in [0.25, 0.3) is 0 Å². The van der Waals surface area contributed by atoms with Gasteiger partial charge < -0.3 is 10.1 Å². The highest BCUT2D eigenvalue weighted by Crippen LogP contribution is 2.29. The average Bonchev–Trinajstić information content (AvgIpc) is 2.29. The van der Waals surface area contributed by atoms with E-state index in [-0.39, 0.29) is 6.17 Å². The molecule has 0 fully saturated rings. The van der Waals surface area contributed by atoms with Crippen molar-refractivity contribution >= 4 is 0 Å². The van der Waals surface area contributed by atoms with Gasteiger partial charge in [0.1, 0.15) is 5.75 Å². The van der Waals surface area contributed by atoms with Crippen LogP contribution in [0.5, 0.6) is 5.75 Å².